The Balaban J connectivity index is 1.85. The van der Waals surface area contributed by atoms with Crippen molar-refractivity contribution in [1.29, 1.82) is 0 Å². The summed E-state index contributed by atoms with van der Waals surface area (Å²) in [6, 6.07) is 6.08. The number of hydrogen-bond donors (Lipinski definition) is 2. The fraction of sp³-hybridized carbons (Fsp3) is 0.333. The van der Waals surface area contributed by atoms with Crippen molar-refractivity contribution in [3.05, 3.63) is 29.6 Å². The van der Waals surface area contributed by atoms with E-state index in [2.05, 4.69) is 9.97 Å². The number of benzene rings is 1. The van der Waals surface area contributed by atoms with Gasteiger partial charge in [0.1, 0.15) is 5.82 Å². The first-order valence-electron chi connectivity index (χ1n) is 5.57. The Morgan fingerprint density at radius 1 is 1.53 bits per heavy atom. The van der Waals surface area contributed by atoms with Gasteiger partial charge in [-0.3, -0.25) is 0 Å². The quantitative estimate of drug-likeness (QED) is 0.788. The first-order valence-corrected chi connectivity index (χ1v) is 5.57. The van der Waals surface area contributed by atoms with Gasteiger partial charge >= 0.3 is 6.09 Å². The van der Waals surface area contributed by atoms with Gasteiger partial charge in [-0.2, -0.15) is 0 Å². The van der Waals surface area contributed by atoms with E-state index in [4.69, 9.17) is 5.11 Å². The molecule has 1 aromatic carbocycles. The van der Waals surface area contributed by atoms with Crippen molar-refractivity contribution >= 4 is 17.1 Å². The highest BCUT2D eigenvalue weighted by molar-refractivity contribution is 5.76. The van der Waals surface area contributed by atoms with Crippen LogP contribution in [0.15, 0.2) is 18.2 Å². The Labute approximate surface area is 98.1 Å². The van der Waals surface area contributed by atoms with Gasteiger partial charge in [0.2, 0.25) is 0 Å². The Morgan fingerprint density at radius 3 is 3.00 bits per heavy atom. The van der Waals surface area contributed by atoms with Crippen molar-refractivity contribution in [2.75, 3.05) is 13.1 Å². The Kier molecular flexibility index (Phi) is 2.07. The number of aryl methyl sites for hydroxylation is 1. The molecular weight excluding hydrogens is 218 g/mol. The van der Waals surface area contributed by atoms with Crippen LogP contribution in [0.5, 0.6) is 0 Å². The minimum Gasteiger partial charge on any atom is -0.465 e. The Morgan fingerprint density at radius 2 is 2.29 bits per heavy atom. The smallest absolute Gasteiger partial charge is 0.407 e. The van der Waals surface area contributed by atoms with E-state index in [9.17, 15) is 4.79 Å². The van der Waals surface area contributed by atoms with Crippen LogP contribution in [0.3, 0.4) is 0 Å². The average Bonchev–Trinajstić information content (AvgIpc) is 2.56. The number of nitrogens with one attached hydrogen (secondary N) is 1. The molecule has 88 valence electrons. The van der Waals surface area contributed by atoms with Gasteiger partial charge in [0.25, 0.3) is 0 Å². The molecule has 1 aliphatic heterocycles. The SMILES string of the molecule is Cc1ccc2[nH]c(C3CN(C(=O)O)C3)nc2c1. The zero-order valence-corrected chi connectivity index (χ0v) is 9.47. The van der Waals surface area contributed by atoms with Crippen molar-refractivity contribution in [2.45, 2.75) is 12.8 Å². The molecule has 3 rings (SSSR count). The summed E-state index contributed by atoms with van der Waals surface area (Å²) >= 11 is 0. The van der Waals surface area contributed by atoms with Crippen LogP contribution in [0, 0.1) is 6.92 Å². The first-order chi connectivity index (χ1) is 8.13. The normalized spacial score (nSPS) is 16.2. The van der Waals surface area contributed by atoms with Crippen molar-refractivity contribution in [1.82, 2.24) is 14.9 Å². The third-order valence-corrected chi connectivity index (χ3v) is 3.20. The number of hydrogen-bond acceptors (Lipinski definition) is 2. The first kappa shape index (κ1) is 10.1. The molecule has 2 aromatic rings. The molecule has 1 saturated heterocycles. The summed E-state index contributed by atoms with van der Waals surface area (Å²) in [4.78, 5) is 19.8. The molecule has 17 heavy (non-hydrogen) atoms. The monoisotopic (exact) mass is 231 g/mol. The van der Waals surface area contributed by atoms with Crippen molar-refractivity contribution in [2.24, 2.45) is 0 Å². The zero-order valence-electron chi connectivity index (χ0n) is 9.47. The predicted octanol–water partition coefficient (Wildman–Crippen LogP) is 1.95. The summed E-state index contributed by atoms with van der Waals surface area (Å²) in [5.74, 6) is 1.10. The second-order valence-corrected chi connectivity index (χ2v) is 4.53. The van der Waals surface area contributed by atoms with E-state index in [0.29, 0.717) is 13.1 Å². The van der Waals surface area contributed by atoms with E-state index in [0.717, 1.165) is 16.9 Å². The van der Waals surface area contributed by atoms with E-state index in [1.165, 1.54) is 10.5 Å². The predicted molar refractivity (Wildman–Crippen MR) is 63.2 cm³/mol. The second kappa shape index (κ2) is 3.48. The number of rotatable bonds is 1. The van der Waals surface area contributed by atoms with Gasteiger partial charge in [-0.15, -0.1) is 0 Å². The number of carbonyl (C=O) groups is 1. The Hall–Kier alpha value is -2.04. The van der Waals surface area contributed by atoms with Gasteiger partial charge in [0.05, 0.1) is 17.0 Å². The molecule has 1 fully saturated rings. The lowest BCUT2D eigenvalue weighted by Gasteiger charge is -2.35. The number of aromatic nitrogens is 2. The summed E-state index contributed by atoms with van der Waals surface area (Å²) in [5.41, 5.74) is 3.14. The third-order valence-electron chi connectivity index (χ3n) is 3.20. The zero-order chi connectivity index (χ0) is 12.0. The summed E-state index contributed by atoms with van der Waals surface area (Å²) < 4.78 is 0. The van der Waals surface area contributed by atoms with Crippen LogP contribution in [0.25, 0.3) is 11.0 Å². The topological polar surface area (TPSA) is 69.2 Å². The van der Waals surface area contributed by atoms with Crippen LogP contribution in [0.1, 0.15) is 17.3 Å². The maximum Gasteiger partial charge on any atom is 0.407 e. The lowest BCUT2D eigenvalue weighted by Crippen LogP contribution is -2.48. The molecule has 1 aliphatic rings. The maximum atomic E-state index is 10.7. The molecule has 0 atom stereocenters. The molecule has 2 heterocycles. The van der Waals surface area contributed by atoms with Crippen molar-refractivity contribution < 1.29 is 9.90 Å². The fourth-order valence-corrected chi connectivity index (χ4v) is 2.14. The summed E-state index contributed by atoms with van der Waals surface area (Å²) in [7, 11) is 0. The van der Waals surface area contributed by atoms with Crippen LogP contribution < -0.4 is 0 Å². The highest BCUT2D eigenvalue weighted by atomic mass is 16.4. The number of H-pyrrole nitrogens is 1. The van der Waals surface area contributed by atoms with Gasteiger partial charge in [-0.05, 0) is 24.6 Å². The summed E-state index contributed by atoms with van der Waals surface area (Å²) in [6.45, 7) is 3.10. The van der Waals surface area contributed by atoms with Crippen LogP contribution in [0.2, 0.25) is 0 Å². The number of fused-ring (bicyclic) bond motifs is 1. The number of amides is 1. The molecule has 1 amide bonds. The molecule has 0 spiro atoms. The molecule has 0 saturated carbocycles. The maximum absolute atomic E-state index is 10.7. The molecule has 0 aliphatic carbocycles. The number of nitrogens with zero attached hydrogens (tertiary/aromatic N) is 2. The van der Waals surface area contributed by atoms with Crippen molar-refractivity contribution in [3.63, 3.8) is 0 Å². The van der Waals surface area contributed by atoms with Gasteiger partial charge in [0.15, 0.2) is 0 Å². The standard InChI is InChI=1S/C12H13N3O2/c1-7-2-3-9-10(4-7)14-11(13-9)8-5-15(6-8)12(16)17/h2-4,8H,5-6H2,1H3,(H,13,14)(H,16,17). The van der Waals surface area contributed by atoms with Gasteiger partial charge in [-0.1, -0.05) is 6.07 Å². The van der Waals surface area contributed by atoms with Crippen LogP contribution in [0.4, 0.5) is 4.79 Å². The number of likely N-dealkylation sites (tertiary alicyclic amines) is 1. The molecule has 2 N–H and O–H groups in total. The largest absolute Gasteiger partial charge is 0.465 e. The average molecular weight is 231 g/mol. The highest BCUT2D eigenvalue weighted by Crippen LogP contribution is 2.26. The summed E-state index contributed by atoms with van der Waals surface area (Å²) in [5, 5.41) is 8.77. The van der Waals surface area contributed by atoms with E-state index in [-0.39, 0.29) is 5.92 Å². The molecule has 0 radical (unpaired) electrons. The molecule has 0 unspecified atom stereocenters. The summed E-state index contributed by atoms with van der Waals surface area (Å²) in [6.07, 6.45) is -0.854. The van der Waals surface area contributed by atoms with Crippen LogP contribution in [-0.2, 0) is 0 Å². The minimum absolute atomic E-state index is 0.207. The molecule has 5 nitrogen and oxygen atoms in total. The number of carboxylic acid groups (broad SMARTS) is 1. The second-order valence-electron chi connectivity index (χ2n) is 4.53. The lowest BCUT2D eigenvalue weighted by atomic mass is 10.0. The lowest BCUT2D eigenvalue weighted by molar-refractivity contribution is 0.104. The molecular formula is C12H13N3O2. The van der Waals surface area contributed by atoms with Gasteiger partial charge < -0.3 is 15.0 Å². The van der Waals surface area contributed by atoms with Crippen molar-refractivity contribution in [3.8, 4) is 0 Å². The van der Waals surface area contributed by atoms with E-state index < -0.39 is 6.09 Å². The van der Waals surface area contributed by atoms with Gasteiger partial charge in [-0.25, -0.2) is 9.78 Å². The van der Waals surface area contributed by atoms with E-state index in [1.807, 2.05) is 25.1 Å². The van der Waals surface area contributed by atoms with Gasteiger partial charge in [0, 0.05) is 13.1 Å². The van der Waals surface area contributed by atoms with E-state index >= 15 is 0 Å². The Bertz CT molecular complexity index is 584. The molecule has 0 bridgehead atoms. The number of aromatic amines is 1. The van der Waals surface area contributed by atoms with Crippen LogP contribution in [-0.4, -0.2) is 39.2 Å². The van der Waals surface area contributed by atoms with Crippen LogP contribution >= 0.6 is 0 Å². The molecule has 5 heteroatoms. The third kappa shape index (κ3) is 1.63. The minimum atomic E-state index is -0.854. The highest BCUT2D eigenvalue weighted by Gasteiger charge is 2.33. The number of imidazole rings is 1. The fourth-order valence-electron chi connectivity index (χ4n) is 2.14. The van der Waals surface area contributed by atoms with E-state index in [1.54, 1.807) is 0 Å². The molecule has 1 aromatic heterocycles.